The summed E-state index contributed by atoms with van der Waals surface area (Å²) >= 11 is 0. The zero-order valence-corrected chi connectivity index (χ0v) is 2.80. The van der Waals surface area contributed by atoms with Gasteiger partial charge in [-0.3, -0.25) is 5.43 Å². The Labute approximate surface area is 33.5 Å². The van der Waals surface area contributed by atoms with Gasteiger partial charge in [0.05, 0.1) is 0 Å². The molecule has 1 aliphatic heterocycles. The molecule has 0 aromatic rings. The fraction of sp³-hybridized carbons (Fsp3) is 0. The minimum Gasteiger partial charge on any atom is -0.475 e. The van der Waals surface area contributed by atoms with E-state index in [0.717, 1.165) is 0 Å². The molecule has 32 valence electrons. The van der Waals surface area contributed by atoms with Crippen molar-refractivity contribution in [1.29, 1.82) is 0 Å². The van der Waals surface area contributed by atoms with Gasteiger partial charge < -0.3 is 5.11 Å². The van der Waals surface area contributed by atoms with Crippen molar-refractivity contribution in [2.45, 2.75) is 0 Å². The van der Waals surface area contributed by atoms with Crippen LogP contribution in [-0.4, -0.2) is 16.9 Å². The molecule has 0 atom stereocenters. The number of carboxylic acid groups (broad SMARTS) is 1. The molecule has 0 saturated heterocycles. The van der Waals surface area contributed by atoms with Crippen LogP contribution < -0.4 is 5.43 Å². The van der Waals surface area contributed by atoms with E-state index in [2.05, 4.69) is 10.5 Å². The minimum absolute atomic E-state index is 0.0509. The lowest BCUT2D eigenvalue weighted by Gasteiger charge is -1.66. The number of rotatable bonds is 1. The lowest BCUT2D eigenvalue weighted by atomic mass is 10.7. The van der Waals surface area contributed by atoms with E-state index in [9.17, 15) is 4.79 Å². The fourth-order valence-corrected chi connectivity index (χ4v) is 0.124. The first-order chi connectivity index (χ1) is 2.80. The number of aliphatic carboxylic acids is 1. The standard InChI is InChI=1S/C2H2N2O2/c5-2(6)1-3-4-1/h(H,3,4)(H,5,6). The number of hydrogen-bond acceptors (Lipinski definition) is 3. The van der Waals surface area contributed by atoms with Crippen molar-refractivity contribution >= 4 is 11.8 Å². The summed E-state index contributed by atoms with van der Waals surface area (Å²) < 4.78 is 0. The third kappa shape index (κ3) is 0.314. The van der Waals surface area contributed by atoms with Crippen LogP contribution >= 0.6 is 0 Å². The molecule has 4 nitrogen and oxygen atoms in total. The van der Waals surface area contributed by atoms with Crippen LogP contribution in [0.3, 0.4) is 0 Å². The van der Waals surface area contributed by atoms with Gasteiger partial charge in [0.1, 0.15) is 0 Å². The monoisotopic (exact) mass is 86.0 g/mol. The Hall–Kier alpha value is -1.06. The van der Waals surface area contributed by atoms with Crippen LogP contribution in [0.25, 0.3) is 0 Å². The van der Waals surface area contributed by atoms with Gasteiger partial charge in [-0.1, -0.05) is 0 Å². The highest BCUT2D eigenvalue weighted by Gasteiger charge is 2.16. The largest absolute Gasteiger partial charge is 0.475 e. The summed E-state index contributed by atoms with van der Waals surface area (Å²) in [6, 6.07) is 0. The summed E-state index contributed by atoms with van der Waals surface area (Å²) in [4.78, 5) is 9.57. The van der Waals surface area contributed by atoms with E-state index in [0.29, 0.717) is 0 Å². The number of carboxylic acids is 1. The molecule has 0 aromatic carbocycles. The third-order valence-corrected chi connectivity index (χ3v) is 0.426. The Morgan fingerprint density at radius 2 is 2.50 bits per heavy atom. The van der Waals surface area contributed by atoms with Gasteiger partial charge in [0.15, 0.2) is 0 Å². The molecule has 4 heteroatoms. The maximum absolute atomic E-state index is 9.57. The highest BCUT2D eigenvalue weighted by molar-refractivity contribution is 6.38. The summed E-state index contributed by atoms with van der Waals surface area (Å²) in [6.07, 6.45) is 0. The van der Waals surface area contributed by atoms with Crippen LogP contribution in [0.1, 0.15) is 0 Å². The SMILES string of the molecule is O=C(O)C1=NN1. The molecule has 0 aromatic heterocycles. The lowest BCUT2D eigenvalue weighted by Crippen LogP contribution is -2.06. The highest BCUT2D eigenvalue weighted by Crippen LogP contribution is 1.82. The number of nitrogens with zero attached hydrogens (tertiary/aromatic N) is 1. The quantitative estimate of drug-likeness (QED) is 0.429. The first-order valence-electron chi connectivity index (χ1n) is 1.37. The number of amidine groups is 1. The van der Waals surface area contributed by atoms with Crippen molar-refractivity contribution < 1.29 is 9.90 Å². The summed E-state index contributed by atoms with van der Waals surface area (Å²) in [5, 5.41) is 11.0. The van der Waals surface area contributed by atoms with Crippen molar-refractivity contribution in [3.8, 4) is 0 Å². The fourth-order valence-electron chi connectivity index (χ4n) is 0.124. The zero-order chi connectivity index (χ0) is 4.57. The molecule has 1 heterocycles. The predicted molar refractivity (Wildman–Crippen MR) is 18.2 cm³/mol. The van der Waals surface area contributed by atoms with Gasteiger partial charge in [-0.15, -0.1) is 5.10 Å². The molecular weight excluding hydrogens is 84.0 g/mol. The van der Waals surface area contributed by atoms with E-state index in [-0.39, 0.29) is 5.84 Å². The average Bonchev–Trinajstić information content (AvgIpc) is 2.06. The highest BCUT2D eigenvalue weighted by atomic mass is 16.4. The number of carbonyl (C=O) groups is 1. The predicted octanol–water partition coefficient (Wildman–Crippen LogP) is -1.01. The number of hydrogen-bond donors (Lipinski definition) is 2. The molecular formula is C2H2N2O2. The van der Waals surface area contributed by atoms with E-state index in [4.69, 9.17) is 5.11 Å². The topological polar surface area (TPSA) is 71.6 Å². The minimum atomic E-state index is -0.991. The van der Waals surface area contributed by atoms with E-state index in [1.807, 2.05) is 0 Å². The Bertz CT molecular complexity index is 117. The Morgan fingerprint density at radius 3 is 2.50 bits per heavy atom. The molecule has 0 fully saturated rings. The van der Waals surface area contributed by atoms with Gasteiger partial charge in [-0.2, -0.15) is 0 Å². The van der Waals surface area contributed by atoms with Gasteiger partial charge >= 0.3 is 5.97 Å². The molecule has 0 saturated carbocycles. The maximum Gasteiger partial charge on any atom is 0.375 e. The van der Waals surface area contributed by atoms with E-state index in [1.165, 1.54) is 0 Å². The van der Waals surface area contributed by atoms with Crippen LogP contribution in [0.5, 0.6) is 0 Å². The van der Waals surface area contributed by atoms with Crippen LogP contribution in [0.15, 0.2) is 5.10 Å². The van der Waals surface area contributed by atoms with Gasteiger partial charge in [0.25, 0.3) is 5.84 Å². The molecule has 0 unspecified atom stereocenters. The normalized spacial score (nSPS) is 15.0. The van der Waals surface area contributed by atoms with Gasteiger partial charge in [-0.05, 0) is 0 Å². The van der Waals surface area contributed by atoms with Crippen molar-refractivity contribution in [1.82, 2.24) is 5.43 Å². The van der Waals surface area contributed by atoms with Crippen LogP contribution in [0.2, 0.25) is 0 Å². The van der Waals surface area contributed by atoms with Crippen LogP contribution in [0.4, 0.5) is 0 Å². The maximum atomic E-state index is 9.57. The Kier molecular flexibility index (Phi) is 0.370. The second-order valence-electron chi connectivity index (χ2n) is 0.877. The number of hydrazone groups is 1. The number of nitrogens with one attached hydrogen (secondary N) is 1. The van der Waals surface area contributed by atoms with Gasteiger partial charge in [0, 0.05) is 0 Å². The molecule has 0 amide bonds. The summed E-state index contributed by atoms with van der Waals surface area (Å²) in [6.45, 7) is 0. The van der Waals surface area contributed by atoms with Gasteiger partial charge in [0.2, 0.25) is 0 Å². The summed E-state index contributed by atoms with van der Waals surface area (Å²) in [7, 11) is 0. The molecule has 1 rings (SSSR count). The molecule has 6 heavy (non-hydrogen) atoms. The second-order valence-corrected chi connectivity index (χ2v) is 0.877. The van der Waals surface area contributed by atoms with E-state index < -0.39 is 5.97 Å². The molecule has 0 aliphatic carbocycles. The van der Waals surface area contributed by atoms with Crippen molar-refractivity contribution in [2.75, 3.05) is 0 Å². The average molecular weight is 86.1 g/mol. The Morgan fingerprint density at radius 1 is 2.00 bits per heavy atom. The summed E-state index contributed by atoms with van der Waals surface area (Å²) in [5.41, 5.74) is 2.18. The molecule has 2 N–H and O–H groups in total. The van der Waals surface area contributed by atoms with E-state index >= 15 is 0 Å². The smallest absolute Gasteiger partial charge is 0.375 e. The molecule has 1 aliphatic rings. The molecule has 0 bridgehead atoms. The van der Waals surface area contributed by atoms with Crippen LogP contribution in [-0.2, 0) is 4.79 Å². The summed E-state index contributed by atoms with van der Waals surface area (Å²) in [5.74, 6) is -0.940. The van der Waals surface area contributed by atoms with E-state index in [1.54, 1.807) is 0 Å². The van der Waals surface area contributed by atoms with Gasteiger partial charge in [-0.25, -0.2) is 4.79 Å². The molecule has 0 spiro atoms. The lowest BCUT2D eigenvalue weighted by molar-refractivity contribution is -0.129. The second kappa shape index (κ2) is 0.707. The first kappa shape index (κ1) is 3.14. The Balaban J connectivity index is 2.52. The molecule has 0 radical (unpaired) electrons. The van der Waals surface area contributed by atoms with Crippen molar-refractivity contribution in [3.63, 3.8) is 0 Å². The first-order valence-corrected chi connectivity index (χ1v) is 1.37. The van der Waals surface area contributed by atoms with Crippen LogP contribution in [0, 0.1) is 0 Å². The van der Waals surface area contributed by atoms with Crippen molar-refractivity contribution in [3.05, 3.63) is 0 Å². The zero-order valence-electron chi connectivity index (χ0n) is 2.80. The van der Waals surface area contributed by atoms with Crippen molar-refractivity contribution in [2.24, 2.45) is 5.10 Å². The third-order valence-electron chi connectivity index (χ3n) is 0.426.